The van der Waals surface area contributed by atoms with Crippen molar-refractivity contribution < 1.29 is 18.1 Å². The highest BCUT2D eigenvalue weighted by Gasteiger charge is 2.38. The summed E-state index contributed by atoms with van der Waals surface area (Å²) in [7, 11) is 0. The second-order valence-corrected chi connectivity index (χ2v) is 5.82. The average Bonchev–Trinajstić information content (AvgIpc) is 3.22. The van der Waals surface area contributed by atoms with Crippen molar-refractivity contribution in [3.05, 3.63) is 61.9 Å². The van der Waals surface area contributed by atoms with Crippen LogP contribution in [0.25, 0.3) is 21.9 Å². The lowest BCUT2D eigenvalue weighted by atomic mass is 10.1. The van der Waals surface area contributed by atoms with Crippen molar-refractivity contribution in [2.75, 3.05) is 0 Å². The summed E-state index contributed by atoms with van der Waals surface area (Å²) in [5.74, 6) is 0. The summed E-state index contributed by atoms with van der Waals surface area (Å²) >= 11 is 0. The van der Waals surface area contributed by atoms with Crippen molar-refractivity contribution in [2.24, 2.45) is 4.99 Å². The highest BCUT2D eigenvalue weighted by atomic mass is 19.4. The molecule has 0 atom stereocenters. The lowest BCUT2D eigenvalue weighted by molar-refractivity contribution is -0.388. The molecular formula is C16H9F3N6O3. The molecule has 0 aliphatic carbocycles. The van der Waals surface area contributed by atoms with E-state index < -0.39 is 27.9 Å². The van der Waals surface area contributed by atoms with E-state index in [1.54, 1.807) is 12.1 Å². The Bertz CT molecular complexity index is 1310. The molecule has 3 N–H and O–H groups in total. The maximum absolute atomic E-state index is 13.1. The van der Waals surface area contributed by atoms with E-state index in [9.17, 15) is 28.1 Å². The summed E-state index contributed by atoms with van der Waals surface area (Å²) in [6.07, 6.45) is -3.81. The van der Waals surface area contributed by atoms with Crippen LogP contribution in [0.15, 0.2) is 40.1 Å². The normalized spacial score (nSPS) is 12.4. The summed E-state index contributed by atoms with van der Waals surface area (Å²) in [5, 5.41) is 20.6. The third kappa shape index (κ3) is 2.80. The van der Waals surface area contributed by atoms with Crippen molar-refractivity contribution in [2.45, 2.75) is 6.18 Å². The summed E-state index contributed by atoms with van der Waals surface area (Å²) in [6, 6.07) is 5.71. The van der Waals surface area contributed by atoms with Gasteiger partial charge in [-0.15, -0.1) is 0 Å². The molecule has 28 heavy (non-hydrogen) atoms. The first kappa shape index (κ1) is 17.5. The van der Waals surface area contributed by atoms with Gasteiger partial charge in [-0.1, -0.05) is 0 Å². The minimum absolute atomic E-state index is 0.105. The molecule has 4 aromatic rings. The number of fused-ring (bicyclic) bond motifs is 3. The van der Waals surface area contributed by atoms with E-state index in [2.05, 4.69) is 25.4 Å². The second-order valence-electron chi connectivity index (χ2n) is 5.82. The quantitative estimate of drug-likeness (QED) is 0.281. The predicted molar refractivity (Wildman–Crippen MR) is 93.9 cm³/mol. The van der Waals surface area contributed by atoms with Crippen LogP contribution in [-0.2, 0) is 6.18 Å². The van der Waals surface area contributed by atoms with Crippen LogP contribution in [0.2, 0.25) is 0 Å². The van der Waals surface area contributed by atoms with Gasteiger partial charge in [-0.2, -0.15) is 18.3 Å². The van der Waals surface area contributed by atoms with Crippen LogP contribution >= 0.6 is 0 Å². The van der Waals surface area contributed by atoms with Gasteiger partial charge in [0.2, 0.25) is 0 Å². The zero-order valence-corrected chi connectivity index (χ0v) is 13.7. The topological polar surface area (TPSA) is 133 Å². The number of aliphatic imine (C=N–C) groups is 1. The van der Waals surface area contributed by atoms with Crippen LogP contribution in [0.3, 0.4) is 0 Å². The standard InChI is InChI=1S/C16H9F3N6O3/c17-16(18,19)9-5-7(1-4-12(9)25(27)28)20-6-8-13-10(21-15(8)26)2-3-11-14(13)23-24-22-11/h1-6,22,24H,(H,21,26). The minimum atomic E-state index is -4.92. The molecule has 0 saturated heterocycles. The molecule has 2 aromatic carbocycles. The van der Waals surface area contributed by atoms with E-state index in [-0.39, 0.29) is 11.3 Å². The summed E-state index contributed by atoms with van der Waals surface area (Å²) in [4.78, 5) is 28.5. The van der Waals surface area contributed by atoms with Gasteiger partial charge < -0.3 is 4.98 Å². The highest BCUT2D eigenvalue weighted by Crippen LogP contribution is 2.38. The number of aromatic nitrogens is 4. The Balaban J connectivity index is 1.84. The van der Waals surface area contributed by atoms with Crippen LogP contribution in [-0.4, -0.2) is 31.5 Å². The summed E-state index contributed by atoms with van der Waals surface area (Å²) in [6.45, 7) is 0. The number of benzene rings is 2. The minimum Gasteiger partial charge on any atom is -0.321 e. The number of rotatable bonds is 3. The largest absolute Gasteiger partial charge is 0.423 e. The second kappa shape index (κ2) is 6.04. The van der Waals surface area contributed by atoms with Gasteiger partial charge in [0.1, 0.15) is 11.1 Å². The first-order valence-corrected chi connectivity index (χ1v) is 7.73. The van der Waals surface area contributed by atoms with Crippen molar-refractivity contribution in [1.29, 1.82) is 0 Å². The van der Waals surface area contributed by atoms with Crippen molar-refractivity contribution in [1.82, 2.24) is 20.4 Å². The smallest absolute Gasteiger partial charge is 0.321 e. The summed E-state index contributed by atoms with van der Waals surface area (Å²) < 4.78 is 39.3. The molecule has 9 nitrogen and oxygen atoms in total. The van der Waals surface area contributed by atoms with E-state index in [1.807, 2.05) is 0 Å². The number of nitro benzene ring substituents is 1. The highest BCUT2D eigenvalue weighted by molar-refractivity contribution is 6.11. The van der Waals surface area contributed by atoms with E-state index in [4.69, 9.17) is 0 Å². The first-order chi connectivity index (χ1) is 13.3. The van der Waals surface area contributed by atoms with Crippen LogP contribution in [0, 0.1) is 10.1 Å². The molecule has 0 saturated carbocycles. The zero-order valence-electron chi connectivity index (χ0n) is 13.7. The van der Waals surface area contributed by atoms with Crippen molar-refractivity contribution >= 4 is 39.5 Å². The third-order valence-electron chi connectivity index (χ3n) is 4.12. The van der Waals surface area contributed by atoms with Crippen LogP contribution < -0.4 is 5.56 Å². The van der Waals surface area contributed by atoms with E-state index >= 15 is 0 Å². The fourth-order valence-electron chi connectivity index (χ4n) is 2.89. The lowest BCUT2D eigenvalue weighted by Gasteiger charge is -2.07. The molecule has 0 amide bonds. The molecule has 0 bridgehead atoms. The fraction of sp³-hybridized carbons (Fsp3) is 0.0625. The molecule has 0 fully saturated rings. The molecule has 0 spiro atoms. The molecular weight excluding hydrogens is 381 g/mol. The number of alkyl halides is 3. The maximum Gasteiger partial charge on any atom is 0.423 e. The Hall–Kier alpha value is -3.96. The molecule has 0 aliphatic rings. The van der Waals surface area contributed by atoms with Crippen LogP contribution in [0.5, 0.6) is 0 Å². The van der Waals surface area contributed by atoms with Gasteiger partial charge in [0.25, 0.3) is 11.2 Å². The average molecular weight is 390 g/mol. The number of aromatic amines is 3. The van der Waals surface area contributed by atoms with Gasteiger partial charge >= 0.3 is 6.18 Å². The Labute approximate surface area is 152 Å². The van der Waals surface area contributed by atoms with Gasteiger partial charge in [-0.3, -0.25) is 25.0 Å². The molecule has 142 valence electrons. The predicted octanol–water partition coefficient (Wildman–Crippen LogP) is 3.41. The Morgan fingerprint density at radius 1 is 1.18 bits per heavy atom. The third-order valence-corrected chi connectivity index (χ3v) is 4.12. The fourth-order valence-corrected chi connectivity index (χ4v) is 2.89. The van der Waals surface area contributed by atoms with Gasteiger partial charge in [-0.25, -0.2) is 5.21 Å². The monoisotopic (exact) mass is 390 g/mol. The van der Waals surface area contributed by atoms with Crippen LogP contribution in [0.1, 0.15) is 11.1 Å². The number of hydrogen-bond acceptors (Lipinski definition) is 5. The Morgan fingerprint density at radius 3 is 2.64 bits per heavy atom. The number of nitrogens with zero attached hydrogens (tertiary/aromatic N) is 3. The molecule has 4 rings (SSSR count). The lowest BCUT2D eigenvalue weighted by Crippen LogP contribution is -2.08. The SMILES string of the molecule is O=c1[nH]c2ccc3[nH][nH]nc3c2c1C=Nc1ccc([N+](=O)[O-])c(C(F)(F)F)c1. The molecule has 0 radical (unpaired) electrons. The van der Waals surface area contributed by atoms with Gasteiger partial charge in [0, 0.05) is 17.7 Å². The number of nitrogens with one attached hydrogen (secondary N) is 3. The molecule has 0 aliphatic heterocycles. The number of hydrogen-bond donors (Lipinski definition) is 3. The number of H-pyrrole nitrogens is 3. The molecule has 0 unspecified atom stereocenters. The van der Waals surface area contributed by atoms with E-state index in [0.29, 0.717) is 28.0 Å². The van der Waals surface area contributed by atoms with E-state index in [1.165, 1.54) is 0 Å². The molecule has 12 heteroatoms. The van der Waals surface area contributed by atoms with E-state index in [0.717, 1.165) is 18.3 Å². The first-order valence-electron chi connectivity index (χ1n) is 7.73. The maximum atomic E-state index is 13.1. The van der Waals surface area contributed by atoms with Gasteiger partial charge in [0.15, 0.2) is 0 Å². The molecule has 2 heterocycles. The van der Waals surface area contributed by atoms with Gasteiger partial charge in [0.05, 0.1) is 27.2 Å². The number of nitro groups is 1. The Morgan fingerprint density at radius 2 is 1.93 bits per heavy atom. The Kier molecular flexibility index (Phi) is 3.77. The zero-order chi connectivity index (χ0) is 20.1. The van der Waals surface area contributed by atoms with Gasteiger partial charge in [-0.05, 0) is 24.3 Å². The van der Waals surface area contributed by atoms with Crippen molar-refractivity contribution in [3.63, 3.8) is 0 Å². The van der Waals surface area contributed by atoms with Crippen LogP contribution in [0.4, 0.5) is 24.5 Å². The number of halogens is 3. The molecule has 2 aromatic heterocycles. The summed E-state index contributed by atoms with van der Waals surface area (Å²) in [5.41, 5.74) is -1.51. The van der Waals surface area contributed by atoms with Crippen molar-refractivity contribution in [3.8, 4) is 0 Å².